The van der Waals surface area contributed by atoms with Crippen LogP contribution in [0.15, 0.2) is 0 Å². The fourth-order valence-electron chi connectivity index (χ4n) is 1.85. The van der Waals surface area contributed by atoms with Gasteiger partial charge in [0, 0.05) is 12.6 Å². The Hall–Kier alpha value is -1.30. The molecular weight excluding hydrogens is 236 g/mol. The van der Waals surface area contributed by atoms with Crippen molar-refractivity contribution < 1.29 is 19.1 Å². The third-order valence-electron chi connectivity index (χ3n) is 2.52. The molecule has 1 aliphatic rings. The molecule has 0 radical (unpaired) electrons. The molecule has 0 aromatic heterocycles. The van der Waals surface area contributed by atoms with Crippen LogP contribution in [0.4, 0.5) is 4.79 Å². The van der Waals surface area contributed by atoms with Crippen LogP contribution in [-0.4, -0.2) is 47.8 Å². The van der Waals surface area contributed by atoms with Crippen molar-refractivity contribution in [2.75, 3.05) is 13.2 Å². The highest BCUT2D eigenvalue weighted by Gasteiger charge is 2.40. The molecule has 6 nitrogen and oxygen atoms in total. The summed E-state index contributed by atoms with van der Waals surface area (Å²) in [6.07, 6.45) is -0.105. The molecule has 1 heterocycles. The van der Waals surface area contributed by atoms with E-state index in [0.717, 1.165) is 0 Å². The number of likely N-dealkylation sites (tertiary alicyclic amines) is 1. The van der Waals surface area contributed by atoms with E-state index in [9.17, 15) is 9.59 Å². The van der Waals surface area contributed by atoms with Crippen molar-refractivity contribution in [3.05, 3.63) is 0 Å². The number of nitrogens with two attached hydrogens (primary N) is 1. The fraction of sp³-hybridized carbons (Fsp3) is 0.833. The first-order valence-corrected chi connectivity index (χ1v) is 6.16. The largest absolute Gasteiger partial charge is 0.464 e. The molecule has 2 N–H and O–H groups in total. The lowest BCUT2D eigenvalue weighted by Crippen LogP contribution is -2.44. The first kappa shape index (κ1) is 14.8. The highest BCUT2D eigenvalue weighted by atomic mass is 16.6. The Kier molecular flexibility index (Phi) is 4.56. The molecule has 1 saturated heterocycles. The molecule has 1 aliphatic heterocycles. The van der Waals surface area contributed by atoms with Gasteiger partial charge >= 0.3 is 12.1 Å². The van der Waals surface area contributed by atoms with Gasteiger partial charge < -0.3 is 15.2 Å². The number of carbonyl (C=O) groups is 2. The molecule has 0 unspecified atom stereocenters. The summed E-state index contributed by atoms with van der Waals surface area (Å²) in [5, 5.41) is 0. The molecule has 0 bridgehead atoms. The number of nitrogens with zero attached hydrogens (tertiary/aromatic N) is 1. The molecule has 2 atom stereocenters. The zero-order valence-electron chi connectivity index (χ0n) is 11.4. The van der Waals surface area contributed by atoms with Crippen molar-refractivity contribution >= 4 is 12.1 Å². The van der Waals surface area contributed by atoms with Gasteiger partial charge in [-0.2, -0.15) is 0 Å². The molecule has 0 aliphatic carbocycles. The summed E-state index contributed by atoms with van der Waals surface area (Å²) in [7, 11) is 0. The van der Waals surface area contributed by atoms with Gasteiger partial charge in [0.1, 0.15) is 11.6 Å². The topological polar surface area (TPSA) is 81.9 Å². The van der Waals surface area contributed by atoms with Crippen LogP contribution in [0.2, 0.25) is 0 Å². The van der Waals surface area contributed by atoms with E-state index >= 15 is 0 Å². The monoisotopic (exact) mass is 258 g/mol. The average molecular weight is 258 g/mol. The molecule has 1 fully saturated rings. The molecule has 104 valence electrons. The number of rotatable bonds is 2. The minimum atomic E-state index is -0.630. The highest BCUT2D eigenvalue weighted by Crippen LogP contribution is 2.21. The Morgan fingerprint density at radius 3 is 2.50 bits per heavy atom. The number of hydrogen-bond donors (Lipinski definition) is 1. The van der Waals surface area contributed by atoms with Crippen LogP contribution < -0.4 is 5.73 Å². The van der Waals surface area contributed by atoms with Crippen molar-refractivity contribution in [3.63, 3.8) is 0 Å². The quantitative estimate of drug-likeness (QED) is 0.744. The summed E-state index contributed by atoms with van der Waals surface area (Å²) in [4.78, 5) is 25.1. The first-order chi connectivity index (χ1) is 8.24. The standard InChI is InChI=1S/C12H22N2O4/c1-5-17-10(15)9-6-8(13)7-14(9)11(16)18-12(2,3)4/h8-9H,5-7,13H2,1-4H3/t8-,9+/m0/s1. The van der Waals surface area contributed by atoms with Gasteiger partial charge in [-0.05, 0) is 34.1 Å². The van der Waals surface area contributed by atoms with Crippen LogP contribution in [0.5, 0.6) is 0 Å². The predicted octanol–water partition coefficient (Wildman–Crippen LogP) is 0.886. The highest BCUT2D eigenvalue weighted by molar-refractivity contribution is 5.82. The summed E-state index contributed by atoms with van der Waals surface area (Å²) < 4.78 is 10.2. The Morgan fingerprint density at radius 1 is 1.39 bits per heavy atom. The first-order valence-electron chi connectivity index (χ1n) is 6.16. The number of esters is 1. The molecular formula is C12H22N2O4. The van der Waals surface area contributed by atoms with E-state index in [1.165, 1.54) is 4.90 Å². The Balaban J connectivity index is 2.72. The minimum Gasteiger partial charge on any atom is -0.464 e. The predicted molar refractivity (Wildman–Crippen MR) is 66.0 cm³/mol. The third kappa shape index (κ3) is 3.87. The molecule has 0 spiro atoms. The molecule has 6 heteroatoms. The zero-order chi connectivity index (χ0) is 13.9. The second-order valence-electron chi connectivity index (χ2n) is 5.40. The lowest BCUT2D eigenvalue weighted by atomic mass is 10.2. The number of ether oxygens (including phenoxy) is 2. The Morgan fingerprint density at radius 2 is 2.00 bits per heavy atom. The fourth-order valence-corrected chi connectivity index (χ4v) is 1.85. The van der Waals surface area contributed by atoms with Crippen LogP contribution in [0.3, 0.4) is 0 Å². The van der Waals surface area contributed by atoms with Gasteiger partial charge in [-0.15, -0.1) is 0 Å². The lowest BCUT2D eigenvalue weighted by molar-refractivity contribution is -0.148. The van der Waals surface area contributed by atoms with E-state index in [0.29, 0.717) is 13.0 Å². The van der Waals surface area contributed by atoms with Gasteiger partial charge in [0.15, 0.2) is 0 Å². The normalized spacial score (nSPS) is 23.9. The summed E-state index contributed by atoms with van der Waals surface area (Å²) in [6.45, 7) is 7.66. The van der Waals surface area contributed by atoms with E-state index in [1.54, 1.807) is 27.7 Å². The minimum absolute atomic E-state index is 0.216. The maximum Gasteiger partial charge on any atom is 0.411 e. The second kappa shape index (κ2) is 5.56. The second-order valence-corrected chi connectivity index (χ2v) is 5.40. The number of amides is 1. The zero-order valence-corrected chi connectivity index (χ0v) is 11.4. The van der Waals surface area contributed by atoms with Crippen LogP contribution >= 0.6 is 0 Å². The van der Waals surface area contributed by atoms with E-state index in [4.69, 9.17) is 15.2 Å². The summed E-state index contributed by atoms with van der Waals surface area (Å²) in [5.74, 6) is -0.420. The maximum atomic E-state index is 12.0. The third-order valence-corrected chi connectivity index (χ3v) is 2.52. The Bertz CT molecular complexity index is 325. The molecule has 1 amide bonds. The summed E-state index contributed by atoms with van der Waals surface area (Å²) in [6, 6.07) is -0.846. The van der Waals surface area contributed by atoms with Gasteiger partial charge in [0.2, 0.25) is 0 Å². The van der Waals surface area contributed by atoms with Crippen LogP contribution in [-0.2, 0) is 14.3 Å². The van der Waals surface area contributed by atoms with Crippen molar-refractivity contribution in [3.8, 4) is 0 Å². The number of carbonyl (C=O) groups excluding carboxylic acids is 2. The SMILES string of the molecule is CCOC(=O)[C@H]1C[C@H](N)CN1C(=O)OC(C)(C)C. The molecule has 0 saturated carbocycles. The Labute approximate surface area is 107 Å². The van der Waals surface area contributed by atoms with Crippen LogP contribution in [0.25, 0.3) is 0 Å². The summed E-state index contributed by atoms with van der Waals surface area (Å²) in [5.41, 5.74) is 5.20. The van der Waals surface area contributed by atoms with Crippen LogP contribution in [0.1, 0.15) is 34.1 Å². The van der Waals surface area contributed by atoms with Crippen molar-refractivity contribution in [2.24, 2.45) is 5.73 Å². The van der Waals surface area contributed by atoms with E-state index in [-0.39, 0.29) is 12.6 Å². The lowest BCUT2D eigenvalue weighted by Gasteiger charge is -2.27. The van der Waals surface area contributed by atoms with Gasteiger partial charge in [-0.3, -0.25) is 4.90 Å². The van der Waals surface area contributed by atoms with Crippen molar-refractivity contribution in [2.45, 2.75) is 51.8 Å². The van der Waals surface area contributed by atoms with Gasteiger partial charge in [0.25, 0.3) is 0 Å². The van der Waals surface area contributed by atoms with Gasteiger partial charge in [-0.25, -0.2) is 9.59 Å². The number of hydrogen-bond acceptors (Lipinski definition) is 5. The van der Waals surface area contributed by atoms with Crippen LogP contribution in [0, 0.1) is 0 Å². The van der Waals surface area contributed by atoms with Crippen molar-refractivity contribution in [1.82, 2.24) is 4.90 Å². The maximum absolute atomic E-state index is 12.0. The smallest absolute Gasteiger partial charge is 0.411 e. The molecule has 0 aromatic carbocycles. The van der Waals surface area contributed by atoms with Crippen molar-refractivity contribution in [1.29, 1.82) is 0 Å². The van der Waals surface area contributed by atoms with E-state index in [2.05, 4.69) is 0 Å². The molecule has 0 aromatic rings. The molecule has 18 heavy (non-hydrogen) atoms. The molecule has 1 rings (SSSR count). The van der Waals surface area contributed by atoms with E-state index < -0.39 is 23.7 Å². The average Bonchev–Trinajstić information content (AvgIpc) is 2.58. The van der Waals surface area contributed by atoms with Gasteiger partial charge in [0.05, 0.1) is 6.61 Å². The summed E-state index contributed by atoms with van der Waals surface area (Å²) >= 11 is 0. The van der Waals surface area contributed by atoms with E-state index in [1.807, 2.05) is 0 Å². The van der Waals surface area contributed by atoms with Gasteiger partial charge in [-0.1, -0.05) is 0 Å².